The lowest BCUT2D eigenvalue weighted by atomic mass is 9.97. The van der Waals surface area contributed by atoms with Crippen molar-refractivity contribution in [2.24, 2.45) is 11.7 Å². The van der Waals surface area contributed by atoms with E-state index in [1.54, 1.807) is 7.11 Å². The third kappa shape index (κ3) is 3.88. The predicted octanol–water partition coefficient (Wildman–Crippen LogP) is 2.21. The number of nitrogens with two attached hydrogens (primary N) is 1. The number of hydrogen-bond acceptors (Lipinski definition) is 4. The summed E-state index contributed by atoms with van der Waals surface area (Å²) in [6.07, 6.45) is 1.31. The van der Waals surface area contributed by atoms with Crippen molar-refractivity contribution in [3.05, 3.63) is 29.8 Å². The van der Waals surface area contributed by atoms with Crippen molar-refractivity contribution in [2.75, 3.05) is 32.2 Å². The van der Waals surface area contributed by atoms with Crippen LogP contribution in [0.2, 0.25) is 0 Å². The average Bonchev–Trinajstić information content (AvgIpc) is 2.94. The monoisotopic (exact) mass is 280 g/mol. The van der Waals surface area contributed by atoms with Crippen LogP contribution in [0.25, 0.3) is 0 Å². The van der Waals surface area contributed by atoms with Gasteiger partial charge in [0.25, 0.3) is 0 Å². The van der Waals surface area contributed by atoms with Crippen LogP contribution in [0.5, 0.6) is 5.75 Å². The Balaban J connectivity index is 1.95. The quantitative estimate of drug-likeness (QED) is 0.867. The fourth-order valence-electron chi connectivity index (χ4n) is 2.72. The SMILES string of the molecule is COc1ccc(CN(C)C(CN)C2CCSC2)cc1. The molecule has 0 radical (unpaired) electrons. The molecule has 1 saturated heterocycles. The van der Waals surface area contributed by atoms with Crippen LogP contribution in [0.1, 0.15) is 12.0 Å². The second-order valence-electron chi connectivity index (χ2n) is 5.19. The Bertz CT molecular complexity index is 376. The van der Waals surface area contributed by atoms with E-state index in [-0.39, 0.29) is 0 Å². The number of benzene rings is 1. The van der Waals surface area contributed by atoms with E-state index >= 15 is 0 Å². The molecule has 0 saturated carbocycles. The van der Waals surface area contributed by atoms with Gasteiger partial charge in [0, 0.05) is 19.1 Å². The Labute approximate surface area is 120 Å². The fourth-order valence-corrected chi connectivity index (χ4v) is 4.05. The Hall–Kier alpha value is -0.710. The van der Waals surface area contributed by atoms with Crippen molar-refractivity contribution in [1.29, 1.82) is 0 Å². The minimum absolute atomic E-state index is 0.497. The molecule has 19 heavy (non-hydrogen) atoms. The van der Waals surface area contributed by atoms with Crippen LogP contribution in [0.4, 0.5) is 0 Å². The zero-order valence-corrected chi connectivity index (χ0v) is 12.7. The van der Waals surface area contributed by atoms with Crippen LogP contribution >= 0.6 is 11.8 Å². The van der Waals surface area contributed by atoms with Crippen molar-refractivity contribution in [3.63, 3.8) is 0 Å². The summed E-state index contributed by atoms with van der Waals surface area (Å²) in [7, 11) is 3.88. The van der Waals surface area contributed by atoms with Crippen molar-refractivity contribution in [3.8, 4) is 5.75 Å². The highest BCUT2D eigenvalue weighted by molar-refractivity contribution is 7.99. The molecule has 3 nitrogen and oxygen atoms in total. The highest BCUT2D eigenvalue weighted by Gasteiger charge is 2.27. The number of hydrogen-bond donors (Lipinski definition) is 1. The van der Waals surface area contributed by atoms with Crippen molar-refractivity contribution < 1.29 is 4.74 Å². The van der Waals surface area contributed by atoms with E-state index in [1.165, 1.54) is 23.5 Å². The third-order valence-electron chi connectivity index (χ3n) is 3.91. The van der Waals surface area contributed by atoms with Crippen molar-refractivity contribution in [1.82, 2.24) is 4.90 Å². The molecule has 1 fully saturated rings. The number of nitrogens with zero attached hydrogens (tertiary/aromatic N) is 1. The molecule has 1 aliphatic rings. The summed E-state index contributed by atoms with van der Waals surface area (Å²) in [5.74, 6) is 4.21. The molecule has 1 aliphatic heterocycles. The molecular weight excluding hydrogens is 256 g/mol. The minimum Gasteiger partial charge on any atom is -0.497 e. The number of likely N-dealkylation sites (N-methyl/N-ethyl adjacent to an activating group) is 1. The largest absolute Gasteiger partial charge is 0.497 e. The van der Waals surface area contributed by atoms with Gasteiger partial charge in [-0.2, -0.15) is 11.8 Å². The second kappa shape index (κ2) is 7.17. The Morgan fingerprint density at radius 3 is 2.68 bits per heavy atom. The number of thioether (sulfide) groups is 1. The first-order valence-corrected chi connectivity index (χ1v) is 8.01. The average molecular weight is 280 g/mol. The first kappa shape index (κ1) is 14.7. The summed E-state index contributed by atoms with van der Waals surface area (Å²) in [6.45, 7) is 1.70. The molecular formula is C15H24N2OS. The van der Waals surface area contributed by atoms with E-state index in [0.29, 0.717) is 6.04 Å². The number of ether oxygens (including phenoxy) is 1. The Morgan fingerprint density at radius 1 is 1.42 bits per heavy atom. The van der Waals surface area contributed by atoms with Gasteiger partial charge >= 0.3 is 0 Å². The molecule has 1 heterocycles. The molecule has 0 aliphatic carbocycles. The lowest BCUT2D eigenvalue weighted by Crippen LogP contribution is -2.43. The summed E-state index contributed by atoms with van der Waals surface area (Å²) in [5.41, 5.74) is 7.29. The predicted molar refractivity (Wildman–Crippen MR) is 82.7 cm³/mol. The maximum atomic E-state index is 5.98. The van der Waals surface area contributed by atoms with Gasteiger partial charge in [-0.3, -0.25) is 4.90 Å². The highest BCUT2D eigenvalue weighted by Crippen LogP contribution is 2.28. The summed E-state index contributed by atoms with van der Waals surface area (Å²) in [5, 5.41) is 0. The standard InChI is InChI=1S/C15H24N2OS/c1-17(15(9-16)13-7-8-19-11-13)10-12-3-5-14(18-2)6-4-12/h3-6,13,15H,7-11,16H2,1-2H3. The van der Waals surface area contributed by atoms with E-state index < -0.39 is 0 Å². The van der Waals surface area contributed by atoms with E-state index in [0.717, 1.165) is 24.8 Å². The van der Waals surface area contributed by atoms with Gasteiger partial charge in [0.1, 0.15) is 5.75 Å². The van der Waals surface area contributed by atoms with Gasteiger partial charge in [0.05, 0.1) is 7.11 Å². The molecule has 1 aromatic carbocycles. The van der Waals surface area contributed by atoms with Crippen molar-refractivity contribution >= 4 is 11.8 Å². The van der Waals surface area contributed by atoms with Gasteiger partial charge in [0.2, 0.25) is 0 Å². The van der Waals surface area contributed by atoms with Gasteiger partial charge in [0.15, 0.2) is 0 Å². The molecule has 0 bridgehead atoms. The fraction of sp³-hybridized carbons (Fsp3) is 0.600. The minimum atomic E-state index is 0.497. The molecule has 4 heteroatoms. The highest BCUT2D eigenvalue weighted by atomic mass is 32.2. The normalized spacial score (nSPS) is 20.7. The molecule has 2 atom stereocenters. The molecule has 2 rings (SSSR count). The van der Waals surface area contributed by atoms with E-state index in [1.807, 2.05) is 12.1 Å². The lowest BCUT2D eigenvalue weighted by Gasteiger charge is -2.31. The van der Waals surface area contributed by atoms with Gasteiger partial charge in [-0.25, -0.2) is 0 Å². The van der Waals surface area contributed by atoms with Crippen LogP contribution in [0, 0.1) is 5.92 Å². The van der Waals surface area contributed by atoms with Gasteiger partial charge < -0.3 is 10.5 Å². The van der Waals surface area contributed by atoms with Gasteiger partial charge in [-0.1, -0.05) is 12.1 Å². The molecule has 106 valence electrons. The first-order chi connectivity index (χ1) is 9.24. The van der Waals surface area contributed by atoms with Crippen LogP contribution in [-0.4, -0.2) is 43.1 Å². The summed E-state index contributed by atoms with van der Waals surface area (Å²) in [4.78, 5) is 2.40. The second-order valence-corrected chi connectivity index (χ2v) is 6.34. The van der Waals surface area contributed by atoms with Gasteiger partial charge in [-0.15, -0.1) is 0 Å². The van der Waals surface area contributed by atoms with Crippen LogP contribution in [0.3, 0.4) is 0 Å². The summed E-state index contributed by atoms with van der Waals surface area (Å²) in [6, 6.07) is 8.80. The summed E-state index contributed by atoms with van der Waals surface area (Å²) < 4.78 is 5.19. The number of methoxy groups -OCH3 is 1. The maximum absolute atomic E-state index is 5.98. The number of rotatable bonds is 6. The van der Waals surface area contributed by atoms with E-state index in [2.05, 4.69) is 35.8 Å². The molecule has 0 amide bonds. The maximum Gasteiger partial charge on any atom is 0.118 e. The zero-order valence-electron chi connectivity index (χ0n) is 11.8. The molecule has 0 aromatic heterocycles. The Morgan fingerprint density at radius 2 is 2.16 bits per heavy atom. The molecule has 2 N–H and O–H groups in total. The third-order valence-corrected chi connectivity index (χ3v) is 5.10. The lowest BCUT2D eigenvalue weighted by molar-refractivity contribution is 0.184. The van der Waals surface area contributed by atoms with Crippen LogP contribution < -0.4 is 10.5 Å². The van der Waals surface area contributed by atoms with E-state index in [4.69, 9.17) is 10.5 Å². The smallest absolute Gasteiger partial charge is 0.118 e. The molecule has 2 unspecified atom stereocenters. The van der Waals surface area contributed by atoms with E-state index in [9.17, 15) is 0 Å². The summed E-state index contributed by atoms with van der Waals surface area (Å²) >= 11 is 2.06. The first-order valence-electron chi connectivity index (χ1n) is 6.85. The topological polar surface area (TPSA) is 38.5 Å². The zero-order chi connectivity index (χ0) is 13.7. The van der Waals surface area contributed by atoms with Crippen LogP contribution in [-0.2, 0) is 6.54 Å². The van der Waals surface area contributed by atoms with Crippen molar-refractivity contribution in [2.45, 2.75) is 19.0 Å². The Kier molecular flexibility index (Phi) is 5.55. The molecule has 1 aromatic rings. The van der Waals surface area contributed by atoms with Gasteiger partial charge in [-0.05, 0) is 48.6 Å². The van der Waals surface area contributed by atoms with Crippen LogP contribution in [0.15, 0.2) is 24.3 Å². The molecule has 0 spiro atoms.